The molecule has 0 aliphatic rings. The van der Waals surface area contributed by atoms with Crippen molar-refractivity contribution in [3.63, 3.8) is 0 Å². The van der Waals surface area contributed by atoms with Gasteiger partial charge in [0.05, 0.1) is 5.69 Å². The number of nitrogens with zero attached hydrogens (tertiary/aromatic N) is 2. The molecule has 1 amide bonds. The molecule has 0 bridgehead atoms. The van der Waals surface area contributed by atoms with Crippen LogP contribution in [-0.2, 0) is 0 Å². The first-order valence-electron chi connectivity index (χ1n) is 7.36. The normalized spacial score (nSPS) is 10.2. The van der Waals surface area contributed by atoms with E-state index in [1.54, 1.807) is 12.1 Å². The molecule has 0 radical (unpaired) electrons. The van der Waals surface area contributed by atoms with Gasteiger partial charge < -0.3 is 10.6 Å². The molecule has 0 aliphatic carbocycles. The minimum absolute atomic E-state index is 0.251. The van der Waals surface area contributed by atoms with Crippen LogP contribution in [0.2, 0.25) is 0 Å². The Morgan fingerprint density at radius 2 is 1.62 bits per heavy atom. The fourth-order valence-electron chi connectivity index (χ4n) is 2.12. The lowest BCUT2D eigenvalue weighted by atomic mass is 10.2. The smallest absolute Gasteiger partial charge is 0.276 e. The molecule has 0 unspecified atom stereocenters. The zero-order chi connectivity index (χ0) is 16.9. The molecule has 1 heterocycles. The second-order valence-corrected chi connectivity index (χ2v) is 6.03. The summed E-state index contributed by atoms with van der Waals surface area (Å²) in [6.45, 7) is 2.01. The third-order valence-corrected chi connectivity index (χ3v) is 4.12. The van der Waals surface area contributed by atoms with Gasteiger partial charge in [-0.3, -0.25) is 4.79 Å². The molecule has 3 aromatic rings. The van der Waals surface area contributed by atoms with Crippen molar-refractivity contribution in [1.82, 2.24) is 10.2 Å². The maximum absolute atomic E-state index is 12.2. The number of carbonyl (C=O) groups excluding carboxylic acids is 1. The Morgan fingerprint density at radius 1 is 0.917 bits per heavy atom. The van der Waals surface area contributed by atoms with Gasteiger partial charge >= 0.3 is 0 Å². The van der Waals surface area contributed by atoms with Gasteiger partial charge in [-0.25, -0.2) is 0 Å². The van der Waals surface area contributed by atoms with Crippen LogP contribution in [0.3, 0.4) is 0 Å². The first kappa shape index (κ1) is 16.1. The SMILES string of the molecule is Cc1ccccc1Nc1ccc(C(=O)Nc2ccccc2Br)nn1. The van der Waals surface area contributed by atoms with Crippen molar-refractivity contribution in [1.29, 1.82) is 0 Å². The molecular formula is C18H15BrN4O. The third-order valence-electron chi connectivity index (χ3n) is 3.43. The van der Waals surface area contributed by atoms with Crippen molar-refractivity contribution in [2.45, 2.75) is 6.92 Å². The second-order valence-electron chi connectivity index (χ2n) is 5.18. The number of nitrogens with one attached hydrogen (secondary N) is 2. The van der Waals surface area contributed by atoms with Crippen LogP contribution in [0.25, 0.3) is 0 Å². The van der Waals surface area contributed by atoms with Crippen molar-refractivity contribution < 1.29 is 4.79 Å². The largest absolute Gasteiger partial charge is 0.339 e. The Kier molecular flexibility index (Phi) is 4.86. The summed E-state index contributed by atoms with van der Waals surface area (Å²) in [5.74, 6) is 0.276. The third kappa shape index (κ3) is 3.78. The van der Waals surface area contributed by atoms with E-state index in [-0.39, 0.29) is 11.6 Å². The molecule has 0 aliphatic heterocycles. The lowest BCUT2D eigenvalue weighted by Crippen LogP contribution is -2.14. The quantitative estimate of drug-likeness (QED) is 0.694. The number of para-hydroxylation sites is 2. The predicted octanol–water partition coefficient (Wildman–Crippen LogP) is 4.54. The van der Waals surface area contributed by atoms with Crippen LogP contribution in [-0.4, -0.2) is 16.1 Å². The summed E-state index contributed by atoms with van der Waals surface area (Å²) in [5.41, 5.74) is 3.00. The number of aromatic nitrogens is 2. The van der Waals surface area contributed by atoms with Crippen molar-refractivity contribution in [2.24, 2.45) is 0 Å². The first-order valence-corrected chi connectivity index (χ1v) is 8.15. The molecule has 1 aromatic heterocycles. The number of aryl methyl sites for hydroxylation is 1. The van der Waals surface area contributed by atoms with E-state index in [0.717, 1.165) is 15.7 Å². The van der Waals surface area contributed by atoms with Crippen LogP contribution in [0.5, 0.6) is 0 Å². The zero-order valence-electron chi connectivity index (χ0n) is 13.0. The van der Waals surface area contributed by atoms with Gasteiger partial charge in [-0.1, -0.05) is 30.3 Å². The van der Waals surface area contributed by atoms with E-state index >= 15 is 0 Å². The Hall–Kier alpha value is -2.73. The molecule has 2 aromatic carbocycles. The molecule has 2 N–H and O–H groups in total. The zero-order valence-corrected chi connectivity index (χ0v) is 14.5. The average molecular weight is 383 g/mol. The Labute approximate surface area is 148 Å². The molecule has 0 fully saturated rings. The summed E-state index contributed by atoms with van der Waals surface area (Å²) in [4.78, 5) is 12.2. The van der Waals surface area contributed by atoms with Crippen molar-refractivity contribution in [2.75, 3.05) is 10.6 Å². The summed E-state index contributed by atoms with van der Waals surface area (Å²) in [7, 11) is 0. The lowest BCUT2D eigenvalue weighted by molar-refractivity contribution is 0.102. The molecule has 6 heteroatoms. The summed E-state index contributed by atoms with van der Waals surface area (Å²) < 4.78 is 0.809. The van der Waals surface area contributed by atoms with E-state index < -0.39 is 0 Å². The maximum atomic E-state index is 12.2. The minimum Gasteiger partial charge on any atom is -0.339 e. The molecule has 24 heavy (non-hydrogen) atoms. The van der Waals surface area contributed by atoms with Gasteiger partial charge in [-0.2, -0.15) is 0 Å². The highest BCUT2D eigenvalue weighted by Gasteiger charge is 2.10. The van der Waals surface area contributed by atoms with E-state index in [1.807, 2.05) is 55.5 Å². The molecule has 0 spiro atoms. The van der Waals surface area contributed by atoms with E-state index in [0.29, 0.717) is 11.5 Å². The van der Waals surface area contributed by atoms with Crippen molar-refractivity contribution >= 4 is 39.0 Å². The molecule has 0 saturated carbocycles. The average Bonchev–Trinajstić information content (AvgIpc) is 2.59. The van der Waals surface area contributed by atoms with Crippen LogP contribution in [0, 0.1) is 6.92 Å². The van der Waals surface area contributed by atoms with Gasteiger partial charge in [0, 0.05) is 10.2 Å². The van der Waals surface area contributed by atoms with Crippen molar-refractivity contribution in [3.8, 4) is 0 Å². The van der Waals surface area contributed by atoms with Gasteiger partial charge in [-0.15, -0.1) is 10.2 Å². The van der Waals surface area contributed by atoms with Gasteiger partial charge in [0.2, 0.25) is 0 Å². The van der Waals surface area contributed by atoms with Crippen LogP contribution < -0.4 is 10.6 Å². The van der Waals surface area contributed by atoms with Gasteiger partial charge in [0.1, 0.15) is 0 Å². The van der Waals surface area contributed by atoms with Gasteiger partial charge in [-0.05, 0) is 58.7 Å². The molecular weight excluding hydrogens is 368 g/mol. The van der Waals surface area contributed by atoms with E-state index in [4.69, 9.17) is 0 Å². The minimum atomic E-state index is -0.308. The number of rotatable bonds is 4. The highest BCUT2D eigenvalue weighted by atomic mass is 79.9. The van der Waals surface area contributed by atoms with Gasteiger partial charge in [0.15, 0.2) is 11.5 Å². The van der Waals surface area contributed by atoms with E-state index in [1.165, 1.54) is 0 Å². The second kappa shape index (κ2) is 7.23. The number of anilines is 3. The number of halogens is 1. The summed E-state index contributed by atoms with van der Waals surface area (Å²) in [6, 6.07) is 18.7. The standard InChI is InChI=1S/C18H15BrN4O/c1-12-6-2-4-8-14(12)20-17-11-10-16(22-23-17)18(24)21-15-9-5-3-7-13(15)19/h2-11H,1H3,(H,20,23)(H,21,24). The molecule has 3 rings (SSSR count). The van der Waals surface area contributed by atoms with Crippen LogP contribution in [0.4, 0.5) is 17.2 Å². The Bertz CT molecular complexity index is 865. The lowest BCUT2D eigenvalue weighted by Gasteiger charge is -2.09. The highest BCUT2D eigenvalue weighted by molar-refractivity contribution is 9.10. The van der Waals surface area contributed by atoms with Gasteiger partial charge in [0.25, 0.3) is 5.91 Å². The summed E-state index contributed by atoms with van der Waals surface area (Å²) >= 11 is 3.39. The van der Waals surface area contributed by atoms with Crippen LogP contribution >= 0.6 is 15.9 Å². The highest BCUT2D eigenvalue weighted by Crippen LogP contribution is 2.22. The van der Waals surface area contributed by atoms with Crippen LogP contribution in [0.15, 0.2) is 65.1 Å². The van der Waals surface area contributed by atoms with Crippen molar-refractivity contribution in [3.05, 3.63) is 76.4 Å². The first-order chi connectivity index (χ1) is 11.6. The molecule has 120 valence electrons. The van der Waals surface area contributed by atoms with E-state index in [2.05, 4.69) is 36.8 Å². The van der Waals surface area contributed by atoms with Crippen LogP contribution in [0.1, 0.15) is 16.1 Å². The van der Waals surface area contributed by atoms with E-state index in [9.17, 15) is 4.79 Å². The molecule has 0 saturated heterocycles. The Morgan fingerprint density at radius 3 is 2.29 bits per heavy atom. The molecule has 0 atom stereocenters. The fraction of sp³-hybridized carbons (Fsp3) is 0.0556. The number of hydrogen-bond acceptors (Lipinski definition) is 4. The summed E-state index contributed by atoms with van der Waals surface area (Å²) in [6.07, 6.45) is 0. The predicted molar refractivity (Wildman–Crippen MR) is 98.6 cm³/mol. The molecule has 5 nitrogen and oxygen atoms in total. The number of hydrogen-bond donors (Lipinski definition) is 2. The Balaban J connectivity index is 1.71. The number of amides is 1. The number of carbonyl (C=O) groups is 1. The maximum Gasteiger partial charge on any atom is 0.276 e. The number of benzene rings is 2. The fourth-order valence-corrected chi connectivity index (χ4v) is 2.50. The topological polar surface area (TPSA) is 66.9 Å². The monoisotopic (exact) mass is 382 g/mol. The summed E-state index contributed by atoms with van der Waals surface area (Å²) in [5, 5.41) is 14.0.